The molecule has 2 fully saturated rings. The molecule has 3 heterocycles. The summed E-state index contributed by atoms with van der Waals surface area (Å²) >= 11 is 0. The Labute approximate surface area is 176 Å². The zero-order valence-electron chi connectivity index (χ0n) is 17.5. The number of aromatic nitrogens is 2. The van der Waals surface area contributed by atoms with Crippen LogP contribution in [0.3, 0.4) is 0 Å². The van der Waals surface area contributed by atoms with Crippen LogP contribution in [0.4, 0.5) is 11.4 Å². The number of fused-ring (bicyclic) bond motifs is 1. The zero-order valence-corrected chi connectivity index (χ0v) is 17.5. The fourth-order valence-electron chi connectivity index (χ4n) is 4.20. The van der Waals surface area contributed by atoms with E-state index in [1.807, 2.05) is 25.3 Å². The average molecular weight is 406 g/mol. The van der Waals surface area contributed by atoms with Crippen LogP contribution in [0.5, 0.6) is 0 Å². The number of hydrogen-bond donors (Lipinski definition) is 0. The highest BCUT2D eigenvalue weighted by atomic mass is 16.5. The summed E-state index contributed by atoms with van der Waals surface area (Å²) in [4.78, 5) is 23.5. The molecule has 3 aromatic rings. The largest absolute Gasteiger partial charge is 0.378 e. The Morgan fingerprint density at radius 1 is 1.03 bits per heavy atom. The van der Waals surface area contributed by atoms with Crippen LogP contribution in [0, 0.1) is 5.92 Å². The van der Waals surface area contributed by atoms with Gasteiger partial charge in [-0.1, -0.05) is 0 Å². The van der Waals surface area contributed by atoms with E-state index in [1.165, 1.54) is 5.69 Å². The first-order valence-electron chi connectivity index (χ1n) is 10.5. The van der Waals surface area contributed by atoms with Crippen LogP contribution in [-0.4, -0.2) is 73.8 Å². The van der Waals surface area contributed by atoms with E-state index in [-0.39, 0.29) is 11.8 Å². The van der Waals surface area contributed by atoms with Gasteiger partial charge >= 0.3 is 0 Å². The zero-order chi connectivity index (χ0) is 20.7. The van der Waals surface area contributed by atoms with Crippen molar-refractivity contribution < 1.29 is 9.53 Å². The molecular formula is C23H27N5O2. The molecule has 156 valence electrons. The first-order chi connectivity index (χ1) is 14.6. The second kappa shape index (κ2) is 7.65. The van der Waals surface area contributed by atoms with Gasteiger partial charge in [0.1, 0.15) is 6.33 Å². The lowest BCUT2D eigenvalue weighted by Crippen LogP contribution is -2.56. The van der Waals surface area contributed by atoms with Gasteiger partial charge in [0.15, 0.2) is 0 Å². The summed E-state index contributed by atoms with van der Waals surface area (Å²) in [6.45, 7) is 4.28. The van der Waals surface area contributed by atoms with E-state index in [0.717, 1.165) is 35.5 Å². The lowest BCUT2D eigenvalue weighted by molar-refractivity contribution is -0.140. The SMILES string of the molecule is CN(C)c1ccc(-n2cnc3ccc(N4CC(C(=O)N5CCOCC5)C4)cc32)cc1. The molecule has 2 aliphatic rings. The summed E-state index contributed by atoms with van der Waals surface area (Å²) < 4.78 is 7.48. The summed E-state index contributed by atoms with van der Waals surface area (Å²) in [6, 6.07) is 14.8. The number of benzene rings is 2. The van der Waals surface area contributed by atoms with Crippen molar-refractivity contribution in [1.29, 1.82) is 0 Å². The average Bonchev–Trinajstić information content (AvgIpc) is 3.16. The third-order valence-corrected chi connectivity index (χ3v) is 6.09. The number of imidazole rings is 1. The minimum atomic E-state index is 0.0854. The fraction of sp³-hybridized carbons (Fsp3) is 0.391. The molecule has 0 radical (unpaired) electrons. The normalized spacial score (nSPS) is 17.3. The maximum Gasteiger partial charge on any atom is 0.229 e. The van der Waals surface area contributed by atoms with E-state index < -0.39 is 0 Å². The van der Waals surface area contributed by atoms with Gasteiger partial charge in [-0.3, -0.25) is 9.36 Å². The van der Waals surface area contributed by atoms with Crippen LogP contribution in [0.25, 0.3) is 16.7 Å². The first-order valence-corrected chi connectivity index (χ1v) is 10.5. The Kier molecular flexibility index (Phi) is 4.83. The Bertz CT molecular complexity index is 1050. The monoisotopic (exact) mass is 405 g/mol. The number of hydrogen-bond acceptors (Lipinski definition) is 5. The number of anilines is 2. The standard InChI is InChI=1S/C23H27N5O2/c1-25(2)18-3-5-19(6-4-18)28-16-24-21-8-7-20(13-22(21)28)27-14-17(15-27)23(29)26-9-11-30-12-10-26/h3-8,13,16-17H,9-12,14-15H2,1-2H3. The van der Waals surface area contributed by atoms with Crippen molar-refractivity contribution in [2.45, 2.75) is 0 Å². The van der Waals surface area contributed by atoms with Crippen molar-refractivity contribution in [3.05, 3.63) is 48.8 Å². The highest BCUT2D eigenvalue weighted by Gasteiger charge is 2.36. The number of amides is 1. The molecule has 0 spiro atoms. The summed E-state index contributed by atoms with van der Waals surface area (Å²) in [5.74, 6) is 0.351. The van der Waals surface area contributed by atoms with E-state index in [2.05, 4.69) is 61.8 Å². The molecule has 30 heavy (non-hydrogen) atoms. The molecule has 1 amide bonds. The van der Waals surface area contributed by atoms with Crippen molar-refractivity contribution >= 4 is 28.3 Å². The molecule has 0 saturated carbocycles. The molecule has 2 saturated heterocycles. The topological polar surface area (TPSA) is 53.8 Å². The second-order valence-electron chi connectivity index (χ2n) is 8.24. The molecule has 0 bridgehead atoms. The molecule has 0 aliphatic carbocycles. The second-order valence-corrected chi connectivity index (χ2v) is 8.24. The summed E-state index contributed by atoms with van der Waals surface area (Å²) in [6.07, 6.45) is 1.87. The first kappa shape index (κ1) is 18.9. The molecule has 5 rings (SSSR count). The molecule has 0 atom stereocenters. The predicted octanol–water partition coefficient (Wildman–Crippen LogP) is 2.39. The smallest absolute Gasteiger partial charge is 0.229 e. The third-order valence-electron chi connectivity index (χ3n) is 6.09. The van der Waals surface area contributed by atoms with E-state index >= 15 is 0 Å². The number of nitrogens with zero attached hydrogens (tertiary/aromatic N) is 5. The lowest BCUT2D eigenvalue weighted by atomic mass is 9.97. The van der Waals surface area contributed by atoms with Crippen LogP contribution in [-0.2, 0) is 9.53 Å². The Hall–Kier alpha value is -3.06. The number of carbonyl (C=O) groups is 1. The van der Waals surface area contributed by atoms with E-state index in [9.17, 15) is 4.79 Å². The summed E-state index contributed by atoms with van der Waals surface area (Å²) in [5, 5.41) is 0. The number of morpholine rings is 1. The minimum absolute atomic E-state index is 0.0854. The molecule has 2 aromatic carbocycles. The third kappa shape index (κ3) is 3.39. The van der Waals surface area contributed by atoms with Crippen LogP contribution in [0.2, 0.25) is 0 Å². The maximum absolute atomic E-state index is 12.7. The number of carbonyl (C=O) groups excluding carboxylic acids is 1. The van der Waals surface area contributed by atoms with Gasteiger partial charge in [0.05, 0.1) is 30.2 Å². The van der Waals surface area contributed by atoms with Crippen LogP contribution >= 0.6 is 0 Å². The Morgan fingerprint density at radius 2 is 1.73 bits per heavy atom. The van der Waals surface area contributed by atoms with E-state index in [0.29, 0.717) is 26.3 Å². The van der Waals surface area contributed by atoms with Crippen molar-refractivity contribution in [2.75, 3.05) is 63.3 Å². The summed E-state index contributed by atoms with van der Waals surface area (Å²) in [7, 11) is 4.08. The molecule has 0 N–H and O–H groups in total. The maximum atomic E-state index is 12.7. The van der Waals surface area contributed by atoms with Gasteiger partial charge in [-0.25, -0.2) is 4.98 Å². The highest BCUT2D eigenvalue weighted by Crippen LogP contribution is 2.30. The number of ether oxygens (including phenoxy) is 1. The van der Waals surface area contributed by atoms with Gasteiger partial charge in [-0.05, 0) is 42.5 Å². The molecule has 7 nitrogen and oxygen atoms in total. The molecule has 1 aromatic heterocycles. The van der Waals surface area contributed by atoms with Gasteiger partial charge in [0, 0.05) is 57.3 Å². The fourth-order valence-corrected chi connectivity index (χ4v) is 4.20. The van der Waals surface area contributed by atoms with Crippen molar-refractivity contribution in [2.24, 2.45) is 5.92 Å². The summed E-state index contributed by atoms with van der Waals surface area (Å²) in [5.41, 5.74) is 5.44. The molecule has 0 unspecified atom stereocenters. The quantitative estimate of drug-likeness (QED) is 0.667. The molecule has 2 aliphatic heterocycles. The van der Waals surface area contributed by atoms with Gasteiger partial charge in [0.2, 0.25) is 5.91 Å². The van der Waals surface area contributed by atoms with E-state index in [4.69, 9.17) is 4.74 Å². The van der Waals surface area contributed by atoms with Crippen LogP contribution < -0.4 is 9.80 Å². The van der Waals surface area contributed by atoms with Crippen LogP contribution in [0.1, 0.15) is 0 Å². The molecule has 7 heteroatoms. The molecular weight excluding hydrogens is 378 g/mol. The minimum Gasteiger partial charge on any atom is -0.378 e. The Balaban J connectivity index is 1.33. The van der Waals surface area contributed by atoms with Crippen molar-refractivity contribution in [3.63, 3.8) is 0 Å². The van der Waals surface area contributed by atoms with Crippen molar-refractivity contribution in [1.82, 2.24) is 14.5 Å². The van der Waals surface area contributed by atoms with Gasteiger partial charge in [-0.2, -0.15) is 0 Å². The highest BCUT2D eigenvalue weighted by molar-refractivity contribution is 5.85. The number of rotatable bonds is 4. The van der Waals surface area contributed by atoms with Gasteiger partial charge in [0.25, 0.3) is 0 Å². The van der Waals surface area contributed by atoms with E-state index in [1.54, 1.807) is 0 Å². The van der Waals surface area contributed by atoms with Gasteiger partial charge in [-0.15, -0.1) is 0 Å². The van der Waals surface area contributed by atoms with Crippen molar-refractivity contribution in [3.8, 4) is 5.69 Å². The van der Waals surface area contributed by atoms with Crippen LogP contribution in [0.15, 0.2) is 48.8 Å². The lowest BCUT2D eigenvalue weighted by Gasteiger charge is -2.42. The Morgan fingerprint density at radius 3 is 2.43 bits per heavy atom. The van der Waals surface area contributed by atoms with Gasteiger partial charge < -0.3 is 19.4 Å². The predicted molar refractivity (Wildman–Crippen MR) is 118 cm³/mol.